The minimum absolute atomic E-state index is 0.322. The quantitative estimate of drug-likeness (QED) is 0.657. The third-order valence-corrected chi connectivity index (χ3v) is 4.81. The van der Waals surface area contributed by atoms with E-state index in [1.54, 1.807) is 6.07 Å². The van der Waals surface area contributed by atoms with Gasteiger partial charge in [0, 0.05) is 11.1 Å². The van der Waals surface area contributed by atoms with Crippen molar-refractivity contribution in [1.29, 1.82) is 0 Å². The molecule has 0 spiro atoms. The summed E-state index contributed by atoms with van der Waals surface area (Å²) >= 11 is 0. The molecule has 0 atom stereocenters. The van der Waals surface area contributed by atoms with Gasteiger partial charge in [-0.1, -0.05) is 51.0 Å². The maximum atomic E-state index is 12.5. The fourth-order valence-corrected chi connectivity index (χ4v) is 3.34. The fraction of sp³-hybridized carbons (Fsp3) is 0.364. The number of benzene rings is 2. The summed E-state index contributed by atoms with van der Waals surface area (Å²) in [7, 11) is 0. The van der Waals surface area contributed by atoms with E-state index in [-0.39, 0.29) is 11.6 Å². The molecule has 1 aliphatic carbocycles. The Hall–Kier alpha value is -2.22. The van der Waals surface area contributed by atoms with E-state index in [0.717, 1.165) is 42.0 Å². The van der Waals surface area contributed by atoms with Gasteiger partial charge in [-0.25, -0.2) is 0 Å². The third kappa shape index (κ3) is 3.06. The smallest absolute Gasteiger partial charge is 0.233 e. The van der Waals surface area contributed by atoms with Crippen LogP contribution in [0.1, 0.15) is 67.4 Å². The van der Waals surface area contributed by atoms with Crippen molar-refractivity contribution in [3.05, 3.63) is 52.6 Å². The summed E-state index contributed by atoms with van der Waals surface area (Å²) in [6.07, 6.45) is 7.98. The molecule has 3 rings (SSSR count). The number of fused-ring (bicyclic) bond motifs is 3. The standard InChI is InChI=1S/C22H24O2/c1-3-5-7-15-9-10-16-11-12-18-20(19(16)13-15)14-17(8-6-4-2)21(23)22(18)24/h9-14H,3-8H2,1-2H3. The highest BCUT2D eigenvalue weighted by Crippen LogP contribution is 2.31. The summed E-state index contributed by atoms with van der Waals surface area (Å²) in [4.78, 5) is 24.8. The first-order valence-electron chi connectivity index (χ1n) is 9.01. The average molecular weight is 320 g/mol. The molecule has 0 saturated heterocycles. The number of Topliss-reactive ketones (excluding diaryl/α,β-unsaturated/α-hetero) is 2. The summed E-state index contributed by atoms with van der Waals surface area (Å²) < 4.78 is 0. The molecule has 0 unspecified atom stereocenters. The van der Waals surface area contributed by atoms with Crippen molar-refractivity contribution >= 4 is 28.4 Å². The lowest BCUT2D eigenvalue weighted by molar-refractivity contribution is -0.112. The van der Waals surface area contributed by atoms with Crippen LogP contribution in [0.15, 0.2) is 35.9 Å². The largest absolute Gasteiger partial charge is 0.285 e. The molecule has 0 bridgehead atoms. The van der Waals surface area contributed by atoms with Crippen molar-refractivity contribution in [2.75, 3.05) is 0 Å². The lowest BCUT2D eigenvalue weighted by Crippen LogP contribution is -2.21. The van der Waals surface area contributed by atoms with Crippen molar-refractivity contribution in [1.82, 2.24) is 0 Å². The van der Waals surface area contributed by atoms with Gasteiger partial charge in [0.25, 0.3) is 0 Å². The summed E-state index contributed by atoms with van der Waals surface area (Å²) in [6.45, 7) is 4.29. The van der Waals surface area contributed by atoms with Gasteiger partial charge < -0.3 is 0 Å². The Balaban J connectivity index is 2.13. The summed E-state index contributed by atoms with van der Waals surface area (Å²) in [6, 6.07) is 10.2. The van der Waals surface area contributed by atoms with E-state index < -0.39 is 0 Å². The molecule has 0 N–H and O–H groups in total. The zero-order chi connectivity index (χ0) is 17.1. The zero-order valence-corrected chi connectivity index (χ0v) is 14.5. The normalized spacial score (nSPS) is 14.0. The van der Waals surface area contributed by atoms with E-state index in [4.69, 9.17) is 0 Å². The first kappa shape index (κ1) is 16.6. The van der Waals surface area contributed by atoms with E-state index in [1.807, 2.05) is 12.1 Å². The Kier molecular flexibility index (Phi) is 4.94. The highest BCUT2D eigenvalue weighted by atomic mass is 16.2. The van der Waals surface area contributed by atoms with Crippen LogP contribution in [0.5, 0.6) is 0 Å². The molecule has 24 heavy (non-hydrogen) atoms. The van der Waals surface area contributed by atoms with Gasteiger partial charge in [0.1, 0.15) is 0 Å². The lowest BCUT2D eigenvalue weighted by atomic mass is 9.84. The van der Waals surface area contributed by atoms with Crippen molar-refractivity contribution in [2.45, 2.75) is 52.4 Å². The van der Waals surface area contributed by atoms with Crippen LogP contribution in [0.3, 0.4) is 0 Å². The monoisotopic (exact) mass is 320 g/mol. The van der Waals surface area contributed by atoms with Gasteiger partial charge in [0.15, 0.2) is 0 Å². The number of carbonyl (C=O) groups excluding carboxylic acids is 2. The second kappa shape index (κ2) is 7.12. The van der Waals surface area contributed by atoms with E-state index in [2.05, 4.69) is 32.0 Å². The molecule has 0 saturated carbocycles. The number of aryl methyl sites for hydroxylation is 1. The molecule has 0 radical (unpaired) electrons. The van der Waals surface area contributed by atoms with Gasteiger partial charge in [-0.2, -0.15) is 0 Å². The number of rotatable bonds is 6. The Bertz CT molecular complexity index is 827. The Labute approximate surface area is 143 Å². The molecule has 0 heterocycles. The highest BCUT2D eigenvalue weighted by Gasteiger charge is 2.28. The molecule has 124 valence electrons. The van der Waals surface area contributed by atoms with Crippen LogP contribution in [0, 0.1) is 0 Å². The number of hydrogen-bond donors (Lipinski definition) is 0. The number of carbonyl (C=O) groups is 2. The van der Waals surface area contributed by atoms with Crippen LogP contribution in [0.2, 0.25) is 0 Å². The van der Waals surface area contributed by atoms with Crippen LogP contribution >= 0.6 is 0 Å². The molecular formula is C22H24O2. The molecule has 2 nitrogen and oxygen atoms in total. The molecule has 0 amide bonds. The van der Waals surface area contributed by atoms with Gasteiger partial charge >= 0.3 is 0 Å². The molecule has 0 aromatic heterocycles. The Morgan fingerprint density at radius 1 is 0.833 bits per heavy atom. The van der Waals surface area contributed by atoms with Crippen molar-refractivity contribution in [3.63, 3.8) is 0 Å². The zero-order valence-electron chi connectivity index (χ0n) is 14.5. The molecule has 1 aliphatic rings. The van der Waals surface area contributed by atoms with Gasteiger partial charge in [-0.15, -0.1) is 0 Å². The number of unbranched alkanes of at least 4 members (excludes halogenated alkanes) is 2. The summed E-state index contributed by atoms with van der Waals surface area (Å²) in [5.41, 5.74) is 3.45. The van der Waals surface area contributed by atoms with Crippen molar-refractivity contribution < 1.29 is 9.59 Å². The fourth-order valence-electron chi connectivity index (χ4n) is 3.34. The van der Waals surface area contributed by atoms with Crippen LogP contribution < -0.4 is 0 Å². The van der Waals surface area contributed by atoms with E-state index >= 15 is 0 Å². The molecule has 0 fully saturated rings. The third-order valence-electron chi connectivity index (χ3n) is 4.81. The minimum Gasteiger partial charge on any atom is -0.285 e. The topological polar surface area (TPSA) is 34.1 Å². The number of hydrogen-bond acceptors (Lipinski definition) is 2. The van der Waals surface area contributed by atoms with Gasteiger partial charge in [0.2, 0.25) is 11.6 Å². The molecule has 0 aliphatic heterocycles. The first-order valence-corrected chi connectivity index (χ1v) is 9.01. The maximum absolute atomic E-state index is 12.5. The Morgan fingerprint density at radius 3 is 2.29 bits per heavy atom. The highest BCUT2D eigenvalue weighted by molar-refractivity contribution is 6.52. The second-order valence-electron chi connectivity index (χ2n) is 6.62. The first-order chi connectivity index (χ1) is 11.7. The van der Waals surface area contributed by atoms with Crippen molar-refractivity contribution in [3.8, 4) is 0 Å². The predicted molar refractivity (Wildman–Crippen MR) is 99.4 cm³/mol. The summed E-state index contributed by atoms with van der Waals surface area (Å²) in [5.74, 6) is -0.670. The van der Waals surface area contributed by atoms with E-state index in [0.29, 0.717) is 17.6 Å². The van der Waals surface area contributed by atoms with Crippen LogP contribution in [0.4, 0.5) is 0 Å². The summed E-state index contributed by atoms with van der Waals surface area (Å²) in [5, 5.41) is 2.22. The predicted octanol–water partition coefficient (Wildman–Crippen LogP) is 5.52. The molecule has 2 aromatic carbocycles. The van der Waals surface area contributed by atoms with Gasteiger partial charge in [0.05, 0.1) is 0 Å². The van der Waals surface area contributed by atoms with Crippen LogP contribution in [0.25, 0.3) is 16.8 Å². The number of ketones is 2. The molecule has 2 aromatic rings. The van der Waals surface area contributed by atoms with Crippen LogP contribution in [-0.2, 0) is 11.2 Å². The van der Waals surface area contributed by atoms with Crippen LogP contribution in [-0.4, -0.2) is 11.6 Å². The Morgan fingerprint density at radius 2 is 1.54 bits per heavy atom. The molecule has 2 heteroatoms. The minimum atomic E-state index is -0.348. The van der Waals surface area contributed by atoms with Gasteiger partial charge in [-0.05, 0) is 59.7 Å². The average Bonchev–Trinajstić information content (AvgIpc) is 2.61. The van der Waals surface area contributed by atoms with Gasteiger partial charge in [-0.3, -0.25) is 9.59 Å². The number of allylic oxidation sites excluding steroid dienone is 1. The lowest BCUT2D eigenvalue weighted by Gasteiger charge is -2.17. The van der Waals surface area contributed by atoms with E-state index in [1.165, 1.54) is 12.0 Å². The SMILES string of the molecule is CCCCC1=Cc2c(ccc3ccc(CCCC)cc23)C(=O)C1=O. The molecular weight excluding hydrogens is 296 g/mol. The van der Waals surface area contributed by atoms with Crippen molar-refractivity contribution in [2.24, 2.45) is 0 Å². The second-order valence-corrected chi connectivity index (χ2v) is 6.62. The van der Waals surface area contributed by atoms with E-state index in [9.17, 15) is 9.59 Å². The maximum Gasteiger partial charge on any atom is 0.233 e.